The SMILES string of the molecule is CSc1cccc(Nc2cc([N+](=O)[O-])cc(N)n2)c1. The number of anilines is 3. The Kier molecular flexibility index (Phi) is 3.86. The van der Waals surface area contributed by atoms with Gasteiger partial charge in [0.15, 0.2) is 0 Å². The zero-order valence-electron chi connectivity index (χ0n) is 10.2. The molecule has 98 valence electrons. The van der Waals surface area contributed by atoms with Crippen LogP contribution in [0.1, 0.15) is 0 Å². The fraction of sp³-hybridized carbons (Fsp3) is 0.0833. The first-order chi connectivity index (χ1) is 9.08. The lowest BCUT2D eigenvalue weighted by molar-refractivity contribution is -0.384. The summed E-state index contributed by atoms with van der Waals surface area (Å²) in [6.07, 6.45) is 1.97. The first-order valence-electron chi connectivity index (χ1n) is 5.41. The minimum Gasteiger partial charge on any atom is -0.383 e. The van der Waals surface area contributed by atoms with Gasteiger partial charge in [0, 0.05) is 10.6 Å². The first kappa shape index (κ1) is 13.2. The standard InChI is InChI=1S/C12H12N4O2S/c1-19-10-4-2-3-8(5-10)14-12-7-9(16(17)18)6-11(13)15-12/h2-7H,1H3,(H3,13,14,15). The van der Waals surface area contributed by atoms with Gasteiger partial charge in [-0.2, -0.15) is 0 Å². The number of nitrogens with zero attached hydrogens (tertiary/aromatic N) is 2. The molecule has 0 bridgehead atoms. The third-order valence-corrected chi connectivity index (χ3v) is 3.11. The molecule has 7 heteroatoms. The molecule has 0 saturated heterocycles. The van der Waals surface area contributed by atoms with Gasteiger partial charge in [-0.05, 0) is 24.5 Å². The van der Waals surface area contributed by atoms with Crippen LogP contribution in [-0.4, -0.2) is 16.2 Å². The fourth-order valence-electron chi connectivity index (χ4n) is 1.56. The van der Waals surface area contributed by atoms with Crippen molar-refractivity contribution in [1.82, 2.24) is 4.98 Å². The molecule has 0 saturated carbocycles. The maximum absolute atomic E-state index is 10.7. The average Bonchev–Trinajstić information content (AvgIpc) is 2.38. The van der Waals surface area contributed by atoms with Crippen molar-refractivity contribution in [1.29, 1.82) is 0 Å². The summed E-state index contributed by atoms with van der Waals surface area (Å²) in [5.41, 5.74) is 6.27. The molecule has 0 aliphatic heterocycles. The molecule has 3 N–H and O–H groups in total. The van der Waals surface area contributed by atoms with Gasteiger partial charge in [0.05, 0.1) is 17.1 Å². The van der Waals surface area contributed by atoms with E-state index in [1.807, 2.05) is 30.5 Å². The second-order valence-corrected chi connectivity index (χ2v) is 4.63. The molecule has 0 fully saturated rings. The number of aromatic nitrogens is 1. The lowest BCUT2D eigenvalue weighted by Crippen LogP contribution is -1.99. The van der Waals surface area contributed by atoms with Crippen molar-refractivity contribution in [2.24, 2.45) is 0 Å². The molecule has 0 aliphatic rings. The van der Waals surface area contributed by atoms with Crippen molar-refractivity contribution in [2.45, 2.75) is 4.90 Å². The Labute approximate surface area is 114 Å². The van der Waals surface area contributed by atoms with Crippen LogP contribution in [0.5, 0.6) is 0 Å². The highest BCUT2D eigenvalue weighted by Crippen LogP contribution is 2.24. The van der Waals surface area contributed by atoms with Crippen molar-refractivity contribution in [3.8, 4) is 0 Å². The van der Waals surface area contributed by atoms with Crippen LogP contribution in [0.2, 0.25) is 0 Å². The van der Waals surface area contributed by atoms with E-state index in [1.54, 1.807) is 11.8 Å². The van der Waals surface area contributed by atoms with E-state index in [9.17, 15) is 10.1 Å². The van der Waals surface area contributed by atoms with Crippen LogP contribution in [0, 0.1) is 10.1 Å². The summed E-state index contributed by atoms with van der Waals surface area (Å²) >= 11 is 1.61. The molecular weight excluding hydrogens is 264 g/mol. The van der Waals surface area contributed by atoms with Gasteiger partial charge in [0.25, 0.3) is 5.69 Å². The third-order valence-electron chi connectivity index (χ3n) is 2.38. The lowest BCUT2D eigenvalue weighted by Gasteiger charge is -2.07. The number of rotatable bonds is 4. The molecule has 0 unspecified atom stereocenters. The van der Waals surface area contributed by atoms with E-state index in [2.05, 4.69) is 10.3 Å². The summed E-state index contributed by atoms with van der Waals surface area (Å²) in [6.45, 7) is 0. The molecule has 0 radical (unpaired) electrons. The predicted octanol–water partition coefficient (Wildman–Crippen LogP) is 3.04. The number of nitrogen functional groups attached to an aromatic ring is 1. The highest BCUT2D eigenvalue weighted by atomic mass is 32.2. The van der Waals surface area contributed by atoms with Crippen LogP contribution in [0.25, 0.3) is 0 Å². The highest BCUT2D eigenvalue weighted by molar-refractivity contribution is 7.98. The summed E-state index contributed by atoms with van der Waals surface area (Å²) in [5, 5.41) is 13.8. The van der Waals surface area contributed by atoms with Crippen molar-refractivity contribution < 1.29 is 4.92 Å². The quantitative estimate of drug-likeness (QED) is 0.506. The average molecular weight is 276 g/mol. The smallest absolute Gasteiger partial charge is 0.276 e. The molecule has 0 aliphatic carbocycles. The van der Waals surface area contributed by atoms with Gasteiger partial charge in [-0.3, -0.25) is 10.1 Å². The van der Waals surface area contributed by atoms with Crippen LogP contribution in [0.4, 0.5) is 23.0 Å². The van der Waals surface area contributed by atoms with Gasteiger partial charge in [0.2, 0.25) is 0 Å². The Balaban J connectivity index is 2.29. The Morgan fingerprint density at radius 1 is 1.37 bits per heavy atom. The molecule has 19 heavy (non-hydrogen) atoms. The van der Waals surface area contributed by atoms with E-state index in [1.165, 1.54) is 12.1 Å². The van der Waals surface area contributed by atoms with Gasteiger partial charge in [-0.15, -0.1) is 11.8 Å². The van der Waals surface area contributed by atoms with Crippen LogP contribution in [0.15, 0.2) is 41.3 Å². The maximum Gasteiger partial charge on any atom is 0.276 e. The van der Waals surface area contributed by atoms with Gasteiger partial charge in [-0.25, -0.2) is 4.98 Å². The number of thioether (sulfide) groups is 1. The second-order valence-electron chi connectivity index (χ2n) is 3.75. The molecule has 0 amide bonds. The van der Waals surface area contributed by atoms with Crippen molar-refractivity contribution in [3.63, 3.8) is 0 Å². The normalized spacial score (nSPS) is 10.2. The first-order valence-corrected chi connectivity index (χ1v) is 6.64. The fourth-order valence-corrected chi connectivity index (χ4v) is 2.01. The van der Waals surface area contributed by atoms with E-state index in [0.29, 0.717) is 5.82 Å². The molecule has 6 nitrogen and oxygen atoms in total. The highest BCUT2D eigenvalue weighted by Gasteiger charge is 2.10. The second kappa shape index (κ2) is 5.57. The van der Waals surface area contributed by atoms with E-state index in [0.717, 1.165) is 10.6 Å². The summed E-state index contributed by atoms with van der Waals surface area (Å²) in [6, 6.07) is 10.2. The van der Waals surface area contributed by atoms with Crippen LogP contribution in [-0.2, 0) is 0 Å². The molecule has 1 aromatic carbocycles. The number of nitrogens with two attached hydrogens (primary N) is 1. The van der Waals surface area contributed by atoms with Crippen molar-refractivity contribution in [2.75, 3.05) is 17.3 Å². The zero-order chi connectivity index (χ0) is 13.8. The number of hydrogen-bond donors (Lipinski definition) is 2. The Bertz CT molecular complexity index is 618. The monoisotopic (exact) mass is 276 g/mol. The minimum atomic E-state index is -0.498. The van der Waals surface area contributed by atoms with E-state index >= 15 is 0 Å². The molecule has 1 heterocycles. The van der Waals surface area contributed by atoms with Crippen LogP contribution in [0.3, 0.4) is 0 Å². The van der Waals surface area contributed by atoms with E-state index < -0.39 is 4.92 Å². The topological polar surface area (TPSA) is 94.1 Å². The molecular formula is C12H12N4O2S. The number of hydrogen-bond acceptors (Lipinski definition) is 6. The Morgan fingerprint density at radius 2 is 2.16 bits per heavy atom. The summed E-state index contributed by atoms with van der Waals surface area (Å²) in [4.78, 5) is 15.4. The number of nitro groups is 1. The van der Waals surface area contributed by atoms with Crippen molar-refractivity contribution in [3.05, 3.63) is 46.5 Å². The number of benzene rings is 1. The lowest BCUT2D eigenvalue weighted by atomic mass is 10.3. The summed E-state index contributed by atoms with van der Waals surface area (Å²) < 4.78 is 0. The molecule has 0 atom stereocenters. The van der Waals surface area contributed by atoms with Gasteiger partial charge < -0.3 is 11.1 Å². The maximum atomic E-state index is 10.7. The molecule has 2 rings (SSSR count). The molecule has 2 aromatic rings. The van der Waals surface area contributed by atoms with Gasteiger partial charge in [0.1, 0.15) is 11.6 Å². The summed E-state index contributed by atoms with van der Waals surface area (Å²) in [5.74, 6) is 0.461. The van der Waals surface area contributed by atoms with Gasteiger partial charge >= 0.3 is 0 Å². The summed E-state index contributed by atoms with van der Waals surface area (Å²) in [7, 11) is 0. The van der Waals surface area contributed by atoms with E-state index in [4.69, 9.17) is 5.73 Å². The van der Waals surface area contributed by atoms with Crippen LogP contribution >= 0.6 is 11.8 Å². The Morgan fingerprint density at radius 3 is 2.84 bits per heavy atom. The zero-order valence-corrected chi connectivity index (χ0v) is 11.0. The minimum absolute atomic E-state index is 0.0870. The van der Waals surface area contributed by atoms with Crippen LogP contribution < -0.4 is 11.1 Å². The molecule has 0 spiro atoms. The number of pyridine rings is 1. The number of nitrogens with one attached hydrogen (secondary N) is 1. The third kappa shape index (κ3) is 3.35. The molecule has 1 aromatic heterocycles. The van der Waals surface area contributed by atoms with Gasteiger partial charge in [-0.1, -0.05) is 6.07 Å². The largest absolute Gasteiger partial charge is 0.383 e. The van der Waals surface area contributed by atoms with E-state index in [-0.39, 0.29) is 11.5 Å². The predicted molar refractivity (Wildman–Crippen MR) is 76.8 cm³/mol. The van der Waals surface area contributed by atoms with Crippen molar-refractivity contribution >= 4 is 34.8 Å². The Hall–Kier alpha value is -2.28.